The third kappa shape index (κ3) is 4.50. The van der Waals surface area contributed by atoms with Crippen LogP contribution in [-0.4, -0.2) is 12.0 Å². The molecule has 116 valence electrons. The molecule has 0 spiro atoms. The highest BCUT2D eigenvalue weighted by Crippen LogP contribution is 2.20. The van der Waals surface area contributed by atoms with Crippen LogP contribution in [-0.2, 0) is 4.79 Å². The maximum Gasteiger partial charge on any atom is 0.261 e. The number of benzene rings is 2. The van der Waals surface area contributed by atoms with Crippen LogP contribution in [0.15, 0.2) is 54.6 Å². The Hall–Kier alpha value is -2.00. The Morgan fingerprint density at radius 1 is 1.18 bits per heavy atom. The third-order valence-corrected chi connectivity index (χ3v) is 3.63. The molecule has 1 amide bonds. The van der Waals surface area contributed by atoms with Gasteiger partial charge in [-0.1, -0.05) is 54.9 Å². The number of carbonyl (C=O) groups is 1. The zero-order valence-electron chi connectivity index (χ0n) is 12.8. The molecule has 0 aliphatic carbocycles. The number of hydrogen-bond donors (Lipinski definition) is 1. The molecule has 0 fully saturated rings. The molecule has 0 radical (unpaired) electrons. The van der Waals surface area contributed by atoms with Crippen molar-refractivity contribution in [3.63, 3.8) is 0 Å². The summed E-state index contributed by atoms with van der Waals surface area (Å²) in [7, 11) is 0. The predicted molar refractivity (Wildman–Crippen MR) is 89.2 cm³/mol. The molecule has 2 rings (SSSR count). The Balaban J connectivity index is 2.00. The fourth-order valence-corrected chi connectivity index (χ4v) is 2.34. The van der Waals surface area contributed by atoms with Gasteiger partial charge in [0.25, 0.3) is 5.91 Å². The van der Waals surface area contributed by atoms with E-state index in [-0.39, 0.29) is 11.9 Å². The Bertz CT molecular complexity index is 615. The van der Waals surface area contributed by atoms with E-state index in [4.69, 9.17) is 16.3 Å². The van der Waals surface area contributed by atoms with Crippen LogP contribution < -0.4 is 10.1 Å². The number of nitrogens with one attached hydrogen (secondary N) is 1. The summed E-state index contributed by atoms with van der Waals surface area (Å²) < 4.78 is 5.75. The molecule has 0 heterocycles. The Morgan fingerprint density at radius 2 is 1.91 bits per heavy atom. The molecule has 2 aromatic carbocycles. The second kappa shape index (κ2) is 7.85. The highest BCUT2D eigenvalue weighted by Gasteiger charge is 2.20. The van der Waals surface area contributed by atoms with Crippen LogP contribution in [0, 0.1) is 0 Å². The highest BCUT2D eigenvalue weighted by atomic mass is 35.5. The van der Waals surface area contributed by atoms with Gasteiger partial charge in [-0.15, -0.1) is 0 Å². The van der Waals surface area contributed by atoms with E-state index in [1.165, 1.54) is 0 Å². The van der Waals surface area contributed by atoms with Crippen molar-refractivity contribution in [1.29, 1.82) is 0 Å². The first-order valence-corrected chi connectivity index (χ1v) is 7.75. The molecule has 0 bridgehead atoms. The van der Waals surface area contributed by atoms with Crippen molar-refractivity contribution in [2.45, 2.75) is 32.4 Å². The molecular weight excluding hydrogens is 298 g/mol. The number of carbonyl (C=O) groups excluding carboxylic acids is 1. The van der Waals surface area contributed by atoms with Crippen LogP contribution in [0.2, 0.25) is 5.02 Å². The molecule has 0 unspecified atom stereocenters. The molecule has 22 heavy (non-hydrogen) atoms. The Labute approximate surface area is 136 Å². The van der Waals surface area contributed by atoms with Crippen molar-refractivity contribution in [2.75, 3.05) is 0 Å². The monoisotopic (exact) mass is 317 g/mol. The van der Waals surface area contributed by atoms with Gasteiger partial charge in [-0.2, -0.15) is 0 Å². The van der Waals surface area contributed by atoms with E-state index in [0.717, 1.165) is 5.56 Å². The average molecular weight is 318 g/mol. The third-order valence-electron chi connectivity index (χ3n) is 3.40. The zero-order valence-corrected chi connectivity index (χ0v) is 13.5. The van der Waals surface area contributed by atoms with Crippen molar-refractivity contribution < 1.29 is 9.53 Å². The maximum absolute atomic E-state index is 12.4. The lowest BCUT2D eigenvalue weighted by Gasteiger charge is -2.21. The molecule has 2 aromatic rings. The highest BCUT2D eigenvalue weighted by molar-refractivity contribution is 6.30. The number of amides is 1. The first kappa shape index (κ1) is 16.4. The Morgan fingerprint density at radius 3 is 2.55 bits per heavy atom. The summed E-state index contributed by atoms with van der Waals surface area (Å²) >= 11 is 5.93. The van der Waals surface area contributed by atoms with E-state index in [1.54, 1.807) is 24.3 Å². The Kier molecular flexibility index (Phi) is 5.84. The molecule has 0 aliphatic heterocycles. The summed E-state index contributed by atoms with van der Waals surface area (Å²) in [5, 5.41) is 3.57. The molecule has 0 aromatic heterocycles. The first-order valence-electron chi connectivity index (χ1n) is 7.37. The van der Waals surface area contributed by atoms with E-state index in [2.05, 4.69) is 5.32 Å². The van der Waals surface area contributed by atoms with Crippen LogP contribution in [0.4, 0.5) is 0 Å². The van der Waals surface area contributed by atoms with Crippen molar-refractivity contribution in [3.8, 4) is 5.75 Å². The number of rotatable bonds is 6. The van der Waals surface area contributed by atoms with Crippen LogP contribution in [0.5, 0.6) is 5.75 Å². The van der Waals surface area contributed by atoms with Gasteiger partial charge in [0.1, 0.15) is 5.75 Å². The minimum atomic E-state index is -0.537. The second-order valence-corrected chi connectivity index (χ2v) is 5.55. The van der Waals surface area contributed by atoms with Crippen LogP contribution in [0.1, 0.15) is 31.9 Å². The van der Waals surface area contributed by atoms with Crippen molar-refractivity contribution in [2.24, 2.45) is 0 Å². The first-order chi connectivity index (χ1) is 10.6. The SMILES string of the molecule is CC[C@@H](Oc1cccc(Cl)c1)C(=O)N[C@@H](C)c1ccccc1. The summed E-state index contributed by atoms with van der Waals surface area (Å²) in [6, 6.07) is 16.9. The van der Waals surface area contributed by atoms with Crippen molar-refractivity contribution >= 4 is 17.5 Å². The summed E-state index contributed by atoms with van der Waals surface area (Å²) in [5.41, 5.74) is 1.06. The lowest BCUT2D eigenvalue weighted by Crippen LogP contribution is -2.39. The minimum absolute atomic E-state index is 0.0642. The van der Waals surface area contributed by atoms with E-state index in [0.29, 0.717) is 17.2 Å². The topological polar surface area (TPSA) is 38.3 Å². The van der Waals surface area contributed by atoms with Gasteiger partial charge in [-0.3, -0.25) is 4.79 Å². The number of halogens is 1. The van der Waals surface area contributed by atoms with Gasteiger partial charge in [-0.05, 0) is 37.1 Å². The van der Waals surface area contributed by atoms with Crippen LogP contribution >= 0.6 is 11.6 Å². The van der Waals surface area contributed by atoms with Gasteiger partial charge in [0, 0.05) is 5.02 Å². The summed E-state index contributed by atoms with van der Waals surface area (Å²) in [5.74, 6) is 0.473. The van der Waals surface area contributed by atoms with Gasteiger partial charge < -0.3 is 10.1 Å². The molecular formula is C18H20ClNO2. The van der Waals surface area contributed by atoms with E-state index >= 15 is 0 Å². The maximum atomic E-state index is 12.4. The van der Waals surface area contributed by atoms with Crippen molar-refractivity contribution in [1.82, 2.24) is 5.32 Å². The summed E-state index contributed by atoms with van der Waals surface area (Å²) in [6.07, 6.45) is 0.0458. The lowest BCUT2D eigenvalue weighted by molar-refractivity contribution is -0.128. The predicted octanol–water partition coefficient (Wildman–Crippen LogP) is 4.37. The molecule has 0 saturated heterocycles. The van der Waals surface area contributed by atoms with Gasteiger partial charge >= 0.3 is 0 Å². The molecule has 2 atom stereocenters. The molecule has 0 aliphatic rings. The van der Waals surface area contributed by atoms with Crippen molar-refractivity contribution in [3.05, 3.63) is 65.2 Å². The minimum Gasteiger partial charge on any atom is -0.481 e. The zero-order chi connectivity index (χ0) is 15.9. The summed E-state index contributed by atoms with van der Waals surface area (Å²) in [6.45, 7) is 3.88. The largest absolute Gasteiger partial charge is 0.481 e. The fraction of sp³-hybridized carbons (Fsp3) is 0.278. The number of ether oxygens (including phenoxy) is 1. The summed E-state index contributed by atoms with van der Waals surface area (Å²) in [4.78, 5) is 12.4. The van der Waals surface area contributed by atoms with Gasteiger partial charge in [0.2, 0.25) is 0 Å². The molecule has 4 heteroatoms. The van der Waals surface area contributed by atoms with E-state index < -0.39 is 6.10 Å². The lowest BCUT2D eigenvalue weighted by atomic mass is 10.1. The average Bonchev–Trinajstić information content (AvgIpc) is 2.53. The van der Waals surface area contributed by atoms with Gasteiger partial charge in [0.05, 0.1) is 6.04 Å². The van der Waals surface area contributed by atoms with Crippen LogP contribution in [0.25, 0.3) is 0 Å². The fourth-order valence-electron chi connectivity index (χ4n) is 2.16. The van der Waals surface area contributed by atoms with Gasteiger partial charge in [-0.25, -0.2) is 0 Å². The molecule has 1 N–H and O–H groups in total. The normalized spacial score (nSPS) is 13.2. The second-order valence-electron chi connectivity index (χ2n) is 5.11. The standard InChI is InChI=1S/C18H20ClNO2/c1-3-17(22-16-11-7-10-15(19)12-16)18(21)20-13(2)14-8-5-4-6-9-14/h4-13,17H,3H2,1-2H3,(H,20,21)/t13-,17+/m0/s1. The quantitative estimate of drug-likeness (QED) is 0.859. The van der Waals surface area contributed by atoms with Gasteiger partial charge in [0.15, 0.2) is 6.10 Å². The number of hydrogen-bond acceptors (Lipinski definition) is 2. The van der Waals surface area contributed by atoms with Crippen LogP contribution in [0.3, 0.4) is 0 Å². The molecule has 0 saturated carbocycles. The smallest absolute Gasteiger partial charge is 0.261 e. The molecule has 3 nitrogen and oxygen atoms in total. The van der Waals surface area contributed by atoms with E-state index in [1.807, 2.05) is 44.2 Å². The van der Waals surface area contributed by atoms with E-state index in [9.17, 15) is 4.79 Å².